The highest BCUT2D eigenvalue weighted by Gasteiger charge is 2.60. The maximum absolute atomic E-state index is 12.8. The maximum Gasteiger partial charge on any atom is 0.230 e. The molecule has 1 unspecified atom stereocenters. The molecule has 1 amide bonds. The normalized spacial score (nSPS) is 27.7. The summed E-state index contributed by atoms with van der Waals surface area (Å²) in [6.45, 7) is 0.708. The van der Waals surface area contributed by atoms with E-state index < -0.39 is 9.84 Å². The summed E-state index contributed by atoms with van der Waals surface area (Å²) in [5.74, 6) is 0.649. The Bertz CT molecular complexity index is 745. The second-order valence-corrected chi connectivity index (χ2v) is 9.52. The summed E-state index contributed by atoms with van der Waals surface area (Å²) in [6, 6.07) is 5.67. The van der Waals surface area contributed by atoms with Crippen molar-refractivity contribution in [3.05, 3.63) is 28.8 Å². The fourth-order valence-electron chi connectivity index (χ4n) is 3.98. The third-order valence-corrected chi connectivity index (χ3v) is 7.40. The molecule has 1 aromatic carbocycles. The van der Waals surface area contributed by atoms with Crippen LogP contribution in [0.2, 0.25) is 5.02 Å². The number of rotatable bonds is 1. The van der Waals surface area contributed by atoms with Crippen molar-refractivity contribution in [2.75, 3.05) is 23.0 Å². The zero-order valence-electron chi connectivity index (χ0n) is 12.2. The Balaban J connectivity index is 1.52. The van der Waals surface area contributed by atoms with E-state index in [9.17, 15) is 13.2 Å². The summed E-state index contributed by atoms with van der Waals surface area (Å²) >= 11 is 6.01. The van der Waals surface area contributed by atoms with Crippen molar-refractivity contribution in [3.63, 3.8) is 0 Å². The molecule has 0 radical (unpaired) electrons. The number of anilines is 1. The van der Waals surface area contributed by atoms with Crippen molar-refractivity contribution in [1.82, 2.24) is 0 Å². The average Bonchev–Trinajstić information content (AvgIpc) is 3.03. The zero-order valence-corrected chi connectivity index (χ0v) is 13.8. The van der Waals surface area contributed by atoms with E-state index in [1.165, 1.54) is 0 Å². The van der Waals surface area contributed by atoms with Crippen molar-refractivity contribution in [2.24, 2.45) is 11.3 Å². The largest absolute Gasteiger partial charge is 0.312 e. The quantitative estimate of drug-likeness (QED) is 0.789. The van der Waals surface area contributed by atoms with Gasteiger partial charge in [0, 0.05) is 23.2 Å². The van der Waals surface area contributed by atoms with E-state index in [4.69, 9.17) is 11.6 Å². The van der Waals surface area contributed by atoms with Gasteiger partial charge in [-0.25, -0.2) is 8.42 Å². The van der Waals surface area contributed by atoms with Gasteiger partial charge in [-0.15, -0.1) is 0 Å². The number of sulfone groups is 1. The second kappa shape index (κ2) is 4.71. The fraction of sp³-hybridized carbons (Fsp3) is 0.562. The molecule has 1 aliphatic carbocycles. The molecule has 2 heterocycles. The van der Waals surface area contributed by atoms with Gasteiger partial charge in [0.05, 0.1) is 11.5 Å². The molecule has 2 aliphatic heterocycles. The van der Waals surface area contributed by atoms with Crippen LogP contribution in [0, 0.1) is 11.3 Å². The number of carbonyl (C=O) groups is 1. The Hall–Kier alpha value is -1.07. The first kappa shape index (κ1) is 14.5. The van der Waals surface area contributed by atoms with Crippen LogP contribution in [0.5, 0.6) is 0 Å². The van der Waals surface area contributed by atoms with Crippen LogP contribution in [0.15, 0.2) is 18.2 Å². The van der Waals surface area contributed by atoms with Crippen LogP contribution in [0.3, 0.4) is 0 Å². The minimum Gasteiger partial charge on any atom is -0.312 e. The molecule has 1 spiro atoms. The molecule has 4 rings (SSSR count). The Morgan fingerprint density at radius 1 is 1.27 bits per heavy atom. The fourth-order valence-corrected chi connectivity index (χ4v) is 5.82. The zero-order chi connectivity index (χ0) is 15.5. The molecule has 118 valence electrons. The summed E-state index contributed by atoms with van der Waals surface area (Å²) < 4.78 is 23.2. The molecule has 22 heavy (non-hydrogen) atoms. The number of halogens is 1. The second-order valence-electron chi connectivity index (χ2n) is 6.78. The van der Waals surface area contributed by atoms with Crippen LogP contribution in [0.4, 0.5) is 5.69 Å². The molecule has 1 saturated carbocycles. The Morgan fingerprint density at radius 3 is 2.73 bits per heavy atom. The smallest absolute Gasteiger partial charge is 0.230 e. The molecule has 4 nitrogen and oxygen atoms in total. The van der Waals surface area contributed by atoms with Gasteiger partial charge in [0.2, 0.25) is 5.91 Å². The number of fused-ring (bicyclic) bond motifs is 1. The van der Waals surface area contributed by atoms with E-state index in [0.29, 0.717) is 24.4 Å². The van der Waals surface area contributed by atoms with Crippen LogP contribution in [-0.4, -0.2) is 32.4 Å². The van der Waals surface area contributed by atoms with Gasteiger partial charge in [-0.05, 0) is 54.9 Å². The minimum atomic E-state index is -2.87. The van der Waals surface area contributed by atoms with E-state index in [2.05, 4.69) is 0 Å². The first-order chi connectivity index (χ1) is 10.4. The molecule has 6 heteroatoms. The van der Waals surface area contributed by atoms with Crippen molar-refractivity contribution >= 4 is 33.0 Å². The number of carbonyl (C=O) groups excluding carboxylic acids is 1. The summed E-state index contributed by atoms with van der Waals surface area (Å²) in [5, 5.41) is 0.702. The van der Waals surface area contributed by atoms with E-state index >= 15 is 0 Å². The number of amides is 1. The van der Waals surface area contributed by atoms with Crippen molar-refractivity contribution in [3.8, 4) is 0 Å². The van der Waals surface area contributed by atoms with Gasteiger partial charge in [-0.2, -0.15) is 0 Å². The van der Waals surface area contributed by atoms with Crippen LogP contribution in [0.25, 0.3) is 0 Å². The van der Waals surface area contributed by atoms with Gasteiger partial charge in [0.1, 0.15) is 9.84 Å². The predicted octanol–water partition coefficient (Wildman–Crippen LogP) is 2.44. The molecule has 1 saturated heterocycles. The Kier molecular flexibility index (Phi) is 3.11. The van der Waals surface area contributed by atoms with Gasteiger partial charge < -0.3 is 4.90 Å². The van der Waals surface area contributed by atoms with Crippen LogP contribution in [-0.2, 0) is 21.1 Å². The highest BCUT2D eigenvalue weighted by atomic mass is 35.5. The topological polar surface area (TPSA) is 54.5 Å². The Morgan fingerprint density at radius 2 is 2.00 bits per heavy atom. The number of nitrogens with zero attached hydrogens (tertiary/aromatic N) is 1. The van der Waals surface area contributed by atoms with Crippen molar-refractivity contribution in [1.29, 1.82) is 0 Å². The molecular formula is C16H18ClNO3S. The first-order valence-electron chi connectivity index (χ1n) is 7.71. The molecule has 1 atom stereocenters. The van der Waals surface area contributed by atoms with Gasteiger partial charge in [-0.3, -0.25) is 4.79 Å². The molecule has 3 aliphatic rings. The predicted molar refractivity (Wildman–Crippen MR) is 85.9 cm³/mol. The van der Waals surface area contributed by atoms with Crippen molar-refractivity contribution < 1.29 is 13.2 Å². The first-order valence-corrected chi connectivity index (χ1v) is 9.90. The van der Waals surface area contributed by atoms with E-state index in [1.54, 1.807) is 0 Å². The Labute approximate surface area is 135 Å². The monoisotopic (exact) mass is 339 g/mol. The minimum absolute atomic E-state index is 0.00429. The molecule has 0 aromatic heterocycles. The SMILES string of the molecule is O=C(C1CC12CCS(=O)(=O)CC2)N1CCc2cc(Cl)ccc21. The summed E-state index contributed by atoms with van der Waals surface area (Å²) in [4.78, 5) is 14.7. The van der Waals surface area contributed by atoms with E-state index in [1.807, 2.05) is 23.1 Å². The molecule has 0 bridgehead atoms. The lowest BCUT2D eigenvalue weighted by atomic mass is 9.96. The number of benzene rings is 1. The number of hydrogen-bond donors (Lipinski definition) is 0. The van der Waals surface area contributed by atoms with E-state index in [0.717, 1.165) is 24.1 Å². The standard InChI is InChI=1S/C16H18ClNO3S/c17-12-1-2-14-11(9-12)3-6-18(14)15(19)13-10-16(13)4-7-22(20,21)8-5-16/h1-2,9,13H,3-8,10H2. The lowest BCUT2D eigenvalue weighted by Gasteiger charge is -2.24. The van der Waals surface area contributed by atoms with Crippen LogP contribution < -0.4 is 4.90 Å². The highest BCUT2D eigenvalue weighted by Crippen LogP contribution is 2.60. The lowest BCUT2D eigenvalue weighted by Crippen LogP contribution is -2.34. The highest BCUT2D eigenvalue weighted by molar-refractivity contribution is 7.91. The van der Waals surface area contributed by atoms with E-state index in [-0.39, 0.29) is 28.7 Å². The molecular weight excluding hydrogens is 322 g/mol. The molecule has 1 aromatic rings. The molecule has 0 N–H and O–H groups in total. The van der Waals surface area contributed by atoms with Crippen molar-refractivity contribution in [2.45, 2.75) is 25.7 Å². The van der Waals surface area contributed by atoms with Gasteiger partial charge in [-0.1, -0.05) is 11.6 Å². The average molecular weight is 340 g/mol. The third kappa shape index (κ3) is 2.26. The van der Waals surface area contributed by atoms with Crippen LogP contribution in [0.1, 0.15) is 24.8 Å². The molecule has 2 fully saturated rings. The summed E-state index contributed by atoms with van der Waals surface area (Å²) in [6.07, 6.45) is 2.98. The summed E-state index contributed by atoms with van der Waals surface area (Å²) in [7, 11) is -2.87. The van der Waals surface area contributed by atoms with Gasteiger partial charge >= 0.3 is 0 Å². The maximum atomic E-state index is 12.8. The number of hydrogen-bond acceptors (Lipinski definition) is 3. The third-order valence-electron chi connectivity index (χ3n) is 5.51. The lowest BCUT2D eigenvalue weighted by molar-refractivity contribution is -0.120. The van der Waals surface area contributed by atoms with Gasteiger partial charge in [0.25, 0.3) is 0 Å². The van der Waals surface area contributed by atoms with Gasteiger partial charge in [0.15, 0.2) is 0 Å². The van der Waals surface area contributed by atoms with Crippen LogP contribution >= 0.6 is 11.6 Å². The summed E-state index contributed by atoms with van der Waals surface area (Å²) in [5.41, 5.74) is 2.05.